The second-order valence-corrected chi connectivity index (χ2v) is 5.08. The zero-order chi connectivity index (χ0) is 11.6. The van der Waals surface area contributed by atoms with Crippen LogP contribution in [0.25, 0.3) is 0 Å². The number of esters is 1. The molecule has 0 bridgehead atoms. The van der Waals surface area contributed by atoms with Gasteiger partial charge >= 0.3 is 5.97 Å². The van der Waals surface area contributed by atoms with E-state index in [9.17, 15) is 4.79 Å². The zero-order valence-electron chi connectivity index (χ0n) is 10.1. The van der Waals surface area contributed by atoms with Gasteiger partial charge in [-0.3, -0.25) is 4.79 Å². The summed E-state index contributed by atoms with van der Waals surface area (Å²) in [5.41, 5.74) is -0.489. The topological polar surface area (TPSA) is 47.6 Å². The lowest BCUT2D eigenvalue weighted by Crippen LogP contribution is -2.53. The second kappa shape index (κ2) is 4.72. The van der Waals surface area contributed by atoms with Crippen LogP contribution in [0, 0.1) is 11.8 Å². The van der Waals surface area contributed by atoms with Crippen LogP contribution in [0.15, 0.2) is 0 Å². The molecule has 1 aliphatic carbocycles. The minimum absolute atomic E-state index is 0.131. The van der Waals surface area contributed by atoms with Gasteiger partial charge in [0.1, 0.15) is 5.54 Å². The molecule has 4 nitrogen and oxygen atoms in total. The lowest BCUT2D eigenvalue weighted by atomic mass is 9.94. The van der Waals surface area contributed by atoms with E-state index in [2.05, 4.69) is 5.32 Å². The molecule has 0 unspecified atom stereocenters. The fraction of sp³-hybridized carbons (Fsp3) is 0.917. The van der Waals surface area contributed by atoms with Gasteiger partial charge in [-0.25, -0.2) is 0 Å². The maximum Gasteiger partial charge on any atom is 0.326 e. The second-order valence-electron chi connectivity index (χ2n) is 5.08. The van der Waals surface area contributed by atoms with Gasteiger partial charge in [-0.2, -0.15) is 0 Å². The first-order valence-electron chi connectivity index (χ1n) is 6.08. The smallest absolute Gasteiger partial charge is 0.326 e. The van der Waals surface area contributed by atoms with Crippen LogP contribution in [-0.4, -0.2) is 38.4 Å². The first-order chi connectivity index (χ1) is 7.66. The van der Waals surface area contributed by atoms with Crippen molar-refractivity contribution in [1.82, 2.24) is 5.32 Å². The molecule has 2 rings (SSSR count). The third-order valence-corrected chi connectivity index (χ3v) is 3.79. The highest BCUT2D eigenvalue weighted by Crippen LogP contribution is 2.40. The number of nitrogens with one attached hydrogen (secondary N) is 1. The molecule has 1 saturated heterocycles. The maximum absolute atomic E-state index is 11.8. The number of hydrogen-bond donors (Lipinski definition) is 1. The molecule has 0 aromatic carbocycles. The SMILES string of the molecule is COC(=O)[C@](C)(NC[C@@H]1CCOC1)C1CC1. The first kappa shape index (κ1) is 11.9. The largest absolute Gasteiger partial charge is 0.468 e. The molecular formula is C12H21NO3. The van der Waals surface area contributed by atoms with E-state index in [0.717, 1.165) is 39.0 Å². The quantitative estimate of drug-likeness (QED) is 0.711. The summed E-state index contributed by atoms with van der Waals surface area (Å²) in [5, 5.41) is 3.40. The van der Waals surface area contributed by atoms with Crippen molar-refractivity contribution in [2.45, 2.75) is 31.7 Å². The Morgan fingerprint density at radius 3 is 2.75 bits per heavy atom. The summed E-state index contributed by atoms with van der Waals surface area (Å²) in [5.74, 6) is 0.860. The molecule has 0 aromatic rings. The number of carbonyl (C=O) groups is 1. The van der Waals surface area contributed by atoms with Crippen molar-refractivity contribution in [2.24, 2.45) is 11.8 Å². The molecule has 0 aromatic heterocycles. The summed E-state index contributed by atoms with van der Waals surface area (Å²) in [6.07, 6.45) is 3.34. The van der Waals surface area contributed by atoms with E-state index >= 15 is 0 Å². The first-order valence-corrected chi connectivity index (χ1v) is 6.08. The summed E-state index contributed by atoms with van der Waals surface area (Å²) in [4.78, 5) is 11.8. The zero-order valence-corrected chi connectivity index (χ0v) is 10.1. The molecule has 1 heterocycles. The van der Waals surface area contributed by atoms with Crippen LogP contribution in [0.5, 0.6) is 0 Å². The van der Waals surface area contributed by atoms with Gasteiger partial charge in [-0.1, -0.05) is 0 Å². The lowest BCUT2D eigenvalue weighted by Gasteiger charge is -2.29. The van der Waals surface area contributed by atoms with E-state index in [-0.39, 0.29) is 5.97 Å². The van der Waals surface area contributed by atoms with E-state index in [1.807, 2.05) is 6.92 Å². The standard InChI is InChI=1S/C12H21NO3/c1-12(10-3-4-10,11(14)15-2)13-7-9-5-6-16-8-9/h9-10,13H,3-8H2,1-2H3/t9-,12+/m0/s1. The predicted octanol–water partition coefficient (Wildman–Crippen LogP) is 0.954. The number of carbonyl (C=O) groups excluding carboxylic acids is 1. The van der Waals surface area contributed by atoms with Crippen molar-refractivity contribution in [3.05, 3.63) is 0 Å². The Morgan fingerprint density at radius 1 is 1.50 bits per heavy atom. The Hall–Kier alpha value is -0.610. The van der Waals surface area contributed by atoms with Crippen LogP contribution in [0.1, 0.15) is 26.2 Å². The molecule has 1 N–H and O–H groups in total. The van der Waals surface area contributed by atoms with Gasteiger partial charge < -0.3 is 14.8 Å². The molecule has 4 heteroatoms. The van der Waals surface area contributed by atoms with Crippen molar-refractivity contribution in [3.63, 3.8) is 0 Å². The Balaban J connectivity index is 1.89. The molecule has 92 valence electrons. The summed E-state index contributed by atoms with van der Waals surface area (Å²) in [6.45, 7) is 4.48. The Kier molecular flexibility index (Phi) is 3.50. The molecule has 1 saturated carbocycles. The van der Waals surface area contributed by atoms with E-state index in [1.165, 1.54) is 7.11 Å². The number of methoxy groups -OCH3 is 1. The van der Waals surface area contributed by atoms with Crippen LogP contribution in [0.2, 0.25) is 0 Å². The summed E-state index contributed by atoms with van der Waals surface area (Å²) in [7, 11) is 1.46. The molecular weight excluding hydrogens is 206 g/mol. The van der Waals surface area contributed by atoms with Crippen molar-refractivity contribution < 1.29 is 14.3 Å². The normalized spacial score (nSPS) is 28.8. The fourth-order valence-electron chi connectivity index (χ4n) is 2.36. The Morgan fingerprint density at radius 2 is 2.25 bits per heavy atom. The summed E-state index contributed by atoms with van der Waals surface area (Å²) < 4.78 is 10.2. The molecule has 2 fully saturated rings. The van der Waals surface area contributed by atoms with Crippen molar-refractivity contribution in [3.8, 4) is 0 Å². The van der Waals surface area contributed by atoms with Gasteiger partial charge in [0.25, 0.3) is 0 Å². The molecule has 0 spiro atoms. The Bertz CT molecular complexity index is 259. The van der Waals surface area contributed by atoms with Gasteiger partial charge in [-0.05, 0) is 38.0 Å². The van der Waals surface area contributed by atoms with Crippen molar-refractivity contribution >= 4 is 5.97 Å². The van der Waals surface area contributed by atoms with E-state index in [1.54, 1.807) is 0 Å². The number of rotatable bonds is 5. The number of ether oxygens (including phenoxy) is 2. The predicted molar refractivity (Wildman–Crippen MR) is 60.1 cm³/mol. The summed E-state index contributed by atoms with van der Waals surface area (Å²) >= 11 is 0. The van der Waals surface area contributed by atoms with Crippen LogP contribution in [-0.2, 0) is 14.3 Å². The minimum Gasteiger partial charge on any atom is -0.468 e. The monoisotopic (exact) mass is 227 g/mol. The van der Waals surface area contributed by atoms with E-state index in [4.69, 9.17) is 9.47 Å². The van der Waals surface area contributed by atoms with E-state index in [0.29, 0.717) is 11.8 Å². The third kappa shape index (κ3) is 2.38. The minimum atomic E-state index is -0.489. The van der Waals surface area contributed by atoms with Crippen LogP contribution in [0.4, 0.5) is 0 Å². The van der Waals surface area contributed by atoms with Crippen LogP contribution in [0.3, 0.4) is 0 Å². The third-order valence-electron chi connectivity index (χ3n) is 3.79. The Labute approximate surface area is 96.7 Å². The molecule has 16 heavy (non-hydrogen) atoms. The van der Waals surface area contributed by atoms with Gasteiger partial charge in [0.05, 0.1) is 13.7 Å². The van der Waals surface area contributed by atoms with Crippen LogP contribution < -0.4 is 5.32 Å². The summed E-state index contributed by atoms with van der Waals surface area (Å²) in [6, 6.07) is 0. The van der Waals surface area contributed by atoms with E-state index < -0.39 is 5.54 Å². The molecule has 0 radical (unpaired) electrons. The maximum atomic E-state index is 11.8. The average Bonchev–Trinajstić information content (AvgIpc) is 3.03. The van der Waals surface area contributed by atoms with Crippen LogP contribution >= 0.6 is 0 Å². The van der Waals surface area contributed by atoms with Gasteiger partial charge in [0, 0.05) is 13.2 Å². The number of hydrogen-bond acceptors (Lipinski definition) is 4. The highest BCUT2D eigenvalue weighted by molar-refractivity contribution is 5.81. The molecule has 2 aliphatic rings. The molecule has 1 aliphatic heterocycles. The van der Waals surface area contributed by atoms with Crippen molar-refractivity contribution in [2.75, 3.05) is 26.9 Å². The molecule has 2 atom stereocenters. The highest BCUT2D eigenvalue weighted by Gasteiger charge is 2.48. The average molecular weight is 227 g/mol. The lowest BCUT2D eigenvalue weighted by molar-refractivity contribution is -0.149. The fourth-order valence-corrected chi connectivity index (χ4v) is 2.36. The molecule has 0 amide bonds. The van der Waals surface area contributed by atoms with Gasteiger partial charge in [0.2, 0.25) is 0 Å². The highest BCUT2D eigenvalue weighted by atomic mass is 16.5. The van der Waals surface area contributed by atoms with Crippen molar-refractivity contribution in [1.29, 1.82) is 0 Å². The van der Waals surface area contributed by atoms with Gasteiger partial charge in [-0.15, -0.1) is 0 Å². The van der Waals surface area contributed by atoms with Gasteiger partial charge in [0.15, 0.2) is 0 Å².